The van der Waals surface area contributed by atoms with Gasteiger partial charge in [-0.15, -0.1) is 0 Å². The Hall–Kier alpha value is -1.06. The van der Waals surface area contributed by atoms with E-state index in [2.05, 4.69) is 13.8 Å². The van der Waals surface area contributed by atoms with Gasteiger partial charge in [0.2, 0.25) is 5.91 Å². The smallest absolute Gasteiger partial charge is 0.306 e. The fourth-order valence-electron chi connectivity index (χ4n) is 3.35. The molecule has 18 heavy (non-hydrogen) atoms. The molecule has 0 radical (unpaired) electrons. The van der Waals surface area contributed by atoms with Crippen molar-refractivity contribution in [2.24, 2.45) is 17.3 Å². The van der Waals surface area contributed by atoms with Crippen molar-refractivity contribution < 1.29 is 14.7 Å². The Bertz CT molecular complexity index is 343. The highest BCUT2D eigenvalue weighted by Gasteiger charge is 2.42. The maximum Gasteiger partial charge on any atom is 0.306 e. The van der Waals surface area contributed by atoms with E-state index in [0.29, 0.717) is 25.9 Å². The van der Waals surface area contributed by atoms with Crippen molar-refractivity contribution in [2.45, 2.75) is 46.0 Å². The summed E-state index contributed by atoms with van der Waals surface area (Å²) in [5.41, 5.74) is 0.112. The first-order valence-electron chi connectivity index (χ1n) is 6.93. The Morgan fingerprint density at radius 3 is 2.22 bits per heavy atom. The van der Waals surface area contributed by atoms with Crippen molar-refractivity contribution in [3.05, 3.63) is 0 Å². The fourth-order valence-corrected chi connectivity index (χ4v) is 3.35. The van der Waals surface area contributed by atoms with Crippen molar-refractivity contribution in [3.8, 4) is 0 Å². The van der Waals surface area contributed by atoms with Crippen LogP contribution >= 0.6 is 0 Å². The number of nitrogens with zero attached hydrogens (tertiary/aromatic N) is 1. The quantitative estimate of drug-likeness (QED) is 0.820. The highest BCUT2D eigenvalue weighted by atomic mass is 16.4. The van der Waals surface area contributed by atoms with E-state index in [1.807, 2.05) is 4.90 Å². The highest BCUT2D eigenvalue weighted by Crippen LogP contribution is 2.43. The average Bonchev–Trinajstić information content (AvgIpc) is 2.68. The van der Waals surface area contributed by atoms with Gasteiger partial charge in [-0.2, -0.15) is 0 Å². The van der Waals surface area contributed by atoms with Crippen LogP contribution in [-0.2, 0) is 9.59 Å². The Morgan fingerprint density at radius 2 is 1.78 bits per heavy atom. The van der Waals surface area contributed by atoms with Crippen LogP contribution < -0.4 is 0 Å². The molecule has 2 aliphatic rings. The first kappa shape index (κ1) is 13.4. The van der Waals surface area contributed by atoms with Crippen LogP contribution in [0.3, 0.4) is 0 Å². The summed E-state index contributed by atoms with van der Waals surface area (Å²) in [6.07, 6.45) is 4.46. The monoisotopic (exact) mass is 253 g/mol. The van der Waals surface area contributed by atoms with Crippen LogP contribution in [-0.4, -0.2) is 35.0 Å². The van der Waals surface area contributed by atoms with Gasteiger partial charge < -0.3 is 10.0 Å². The van der Waals surface area contributed by atoms with E-state index < -0.39 is 5.97 Å². The van der Waals surface area contributed by atoms with Crippen molar-refractivity contribution in [2.75, 3.05) is 13.1 Å². The van der Waals surface area contributed by atoms with Crippen molar-refractivity contribution in [1.29, 1.82) is 0 Å². The highest BCUT2D eigenvalue weighted by molar-refractivity contribution is 5.80. The number of amides is 1. The predicted octanol–water partition coefficient (Wildman–Crippen LogP) is 2.14. The molecule has 0 aromatic rings. The second-order valence-electron chi connectivity index (χ2n) is 6.37. The predicted molar refractivity (Wildman–Crippen MR) is 68.1 cm³/mol. The molecule has 4 heteroatoms. The molecule has 1 aliphatic carbocycles. The number of carboxylic acids is 1. The van der Waals surface area contributed by atoms with Crippen LogP contribution in [0.15, 0.2) is 0 Å². The lowest BCUT2D eigenvalue weighted by Crippen LogP contribution is -2.45. The van der Waals surface area contributed by atoms with Gasteiger partial charge >= 0.3 is 5.97 Å². The van der Waals surface area contributed by atoms with Gasteiger partial charge in [-0.25, -0.2) is 0 Å². The largest absolute Gasteiger partial charge is 0.481 e. The zero-order chi connectivity index (χ0) is 13.3. The van der Waals surface area contributed by atoms with E-state index in [-0.39, 0.29) is 23.2 Å². The first-order chi connectivity index (χ1) is 8.42. The SMILES string of the molecule is CC1(C)CCCC1C(=O)N1CCC(C(=O)O)CC1. The van der Waals surface area contributed by atoms with Gasteiger partial charge in [0, 0.05) is 19.0 Å². The fraction of sp³-hybridized carbons (Fsp3) is 0.857. The second-order valence-corrected chi connectivity index (χ2v) is 6.37. The molecule has 4 nitrogen and oxygen atoms in total. The normalized spacial score (nSPS) is 28.3. The van der Waals surface area contributed by atoms with Gasteiger partial charge in [0.05, 0.1) is 5.92 Å². The van der Waals surface area contributed by atoms with E-state index in [1.54, 1.807) is 0 Å². The molecule has 1 amide bonds. The molecule has 1 heterocycles. The Labute approximate surface area is 108 Å². The van der Waals surface area contributed by atoms with Gasteiger partial charge in [-0.05, 0) is 31.1 Å². The number of carboxylic acid groups (broad SMARTS) is 1. The summed E-state index contributed by atoms with van der Waals surface area (Å²) in [6, 6.07) is 0. The standard InChI is InChI=1S/C14H23NO3/c1-14(2)7-3-4-11(14)12(16)15-8-5-10(6-9-15)13(17)18/h10-11H,3-9H2,1-2H3,(H,17,18). The molecule has 2 fully saturated rings. The van der Waals surface area contributed by atoms with E-state index in [9.17, 15) is 9.59 Å². The zero-order valence-electron chi connectivity index (χ0n) is 11.3. The Balaban J connectivity index is 1.94. The summed E-state index contributed by atoms with van der Waals surface area (Å²) in [6.45, 7) is 5.57. The van der Waals surface area contributed by atoms with Crippen LogP contribution in [0.1, 0.15) is 46.0 Å². The van der Waals surface area contributed by atoms with Crippen LogP contribution in [0.2, 0.25) is 0 Å². The summed E-state index contributed by atoms with van der Waals surface area (Å²) >= 11 is 0. The van der Waals surface area contributed by atoms with Crippen LogP contribution in [0.25, 0.3) is 0 Å². The molecule has 1 N–H and O–H groups in total. The third-order valence-electron chi connectivity index (χ3n) is 4.71. The lowest BCUT2D eigenvalue weighted by Gasteiger charge is -2.35. The maximum absolute atomic E-state index is 12.5. The molecule has 1 atom stereocenters. The summed E-state index contributed by atoms with van der Waals surface area (Å²) in [4.78, 5) is 25.2. The van der Waals surface area contributed by atoms with E-state index >= 15 is 0 Å². The third-order valence-corrected chi connectivity index (χ3v) is 4.71. The van der Waals surface area contributed by atoms with Crippen LogP contribution in [0.5, 0.6) is 0 Å². The summed E-state index contributed by atoms with van der Waals surface area (Å²) in [5, 5.41) is 8.95. The van der Waals surface area contributed by atoms with Crippen LogP contribution in [0.4, 0.5) is 0 Å². The molecule has 1 aliphatic heterocycles. The number of likely N-dealkylation sites (tertiary alicyclic amines) is 1. The second kappa shape index (κ2) is 4.90. The number of rotatable bonds is 2. The summed E-state index contributed by atoms with van der Waals surface area (Å²) in [7, 11) is 0. The molecular formula is C14H23NO3. The van der Waals surface area contributed by atoms with Gasteiger partial charge in [-0.1, -0.05) is 20.3 Å². The molecule has 0 aromatic heterocycles. The van der Waals surface area contributed by atoms with Gasteiger partial charge in [0.15, 0.2) is 0 Å². The number of piperidine rings is 1. The van der Waals surface area contributed by atoms with Gasteiger partial charge in [0.1, 0.15) is 0 Å². The Kier molecular flexibility index (Phi) is 3.64. The van der Waals surface area contributed by atoms with Crippen molar-refractivity contribution in [1.82, 2.24) is 4.90 Å². The van der Waals surface area contributed by atoms with Crippen molar-refractivity contribution in [3.63, 3.8) is 0 Å². The lowest BCUT2D eigenvalue weighted by atomic mass is 9.80. The topological polar surface area (TPSA) is 57.6 Å². The lowest BCUT2D eigenvalue weighted by molar-refractivity contribution is -0.147. The van der Waals surface area contributed by atoms with E-state index in [0.717, 1.165) is 19.3 Å². The summed E-state index contributed by atoms with van der Waals surface area (Å²) < 4.78 is 0. The average molecular weight is 253 g/mol. The molecular weight excluding hydrogens is 230 g/mol. The number of hydrogen-bond donors (Lipinski definition) is 1. The molecule has 102 valence electrons. The summed E-state index contributed by atoms with van der Waals surface area (Å²) in [5.74, 6) is -0.589. The molecule has 1 unspecified atom stereocenters. The number of carbonyl (C=O) groups excluding carboxylic acids is 1. The van der Waals surface area contributed by atoms with E-state index in [4.69, 9.17) is 5.11 Å². The molecule has 2 rings (SSSR count). The van der Waals surface area contributed by atoms with E-state index in [1.165, 1.54) is 0 Å². The molecule has 0 aromatic carbocycles. The minimum atomic E-state index is -0.719. The minimum Gasteiger partial charge on any atom is -0.481 e. The van der Waals surface area contributed by atoms with Crippen LogP contribution in [0, 0.1) is 17.3 Å². The maximum atomic E-state index is 12.5. The first-order valence-corrected chi connectivity index (χ1v) is 6.93. The number of aliphatic carboxylic acids is 1. The number of carbonyl (C=O) groups is 2. The minimum absolute atomic E-state index is 0.112. The molecule has 0 bridgehead atoms. The molecule has 0 spiro atoms. The molecule has 1 saturated heterocycles. The number of hydrogen-bond acceptors (Lipinski definition) is 2. The van der Waals surface area contributed by atoms with Gasteiger partial charge in [0.25, 0.3) is 0 Å². The zero-order valence-corrected chi connectivity index (χ0v) is 11.3. The Morgan fingerprint density at radius 1 is 1.17 bits per heavy atom. The third kappa shape index (κ3) is 2.52. The molecule has 1 saturated carbocycles. The van der Waals surface area contributed by atoms with Crippen molar-refractivity contribution >= 4 is 11.9 Å². The van der Waals surface area contributed by atoms with Gasteiger partial charge in [-0.3, -0.25) is 9.59 Å².